The van der Waals surface area contributed by atoms with E-state index in [0.717, 1.165) is 0 Å². The van der Waals surface area contributed by atoms with Gasteiger partial charge in [-0.15, -0.1) is 0 Å². The number of aliphatic hydroxyl groups excluding tert-OH is 1. The van der Waals surface area contributed by atoms with Crippen LogP contribution in [0.25, 0.3) is 0 Å². The van der Waals surface area contributed by atoms with E-state index in [2.05, 4.69) is 27.7 Å². The molecule has 0 radical (unpaired) electrons. The van der Waals surface area contributed by atoms with Crippen molar-refractivity contribution in [1.29, 1.82) is 0 Å². The predicted molar refractivity (Wildman–Crippen MR) is 65.8 cm³/mol. The van der Waals surface area contributed by atoms with Crippen molar-refractivity contribution in [3.8, 4) is 0 Å². The third-order valence-electron chi connectivity index (χ3n) is 4.19. The molecule has 0 saturated heterocycles. The molecule has 90 valence electrons. The Morgan fingerprint density at radius 2 is 1.80 bits per heavy atom. The van der Waals surface area contributed by atoms with E-state index in [1.807, 2.05) is 0 Å². The van der Waals surface area contributed by atoms with E-state index < -0.39 is 0 Å². The molecule has 1 nitrogen and oxygen atoms in total. The zero-order valence-corrected chi connectivity index (χ0v) is 10.9. The molecule has 2 unspecified atom stereocenters. The van der Waals surface area contributed by atoms with Gasteiger partial charge in [0.05, 0.1) is 6.10 Å². The van der Waals surface area contributed by atoms with Crippen molar-refractivity contribution >= 4 is 0 Å². The summed E-state index contributed by atoms with van der Waals surface area (Å²) >= 11 is 0. The van der Waals surface area contributed by atoms with E-state index in [0.29, 0.717) is 17.3 Å². The summed E-state index contributed by atoms with van der Waals surface area (Å²) in [6.07, 6.45) is 7.32. The van der Waals surface area contributed by atoms with Gasteiger partial charge in [-0.3, -0.25) is 0 Å². The maximum atomic E-state index is 10.2. The SMILES string of the molecule is CCCC(C)C(O)C1CCC(C)(C)CC1. The zero-order chi connectivity index (χ0) is 11.5. The van der Waals surface area contributed by atoms with Gasteiger partial charge in [-0.05, 0) is 49.4 Å². The molecule has 1 fully saturated rings. The van der Waals surface area contributed by atoms with Gasteiger partial charge in [0.25, 0.3) is 0 Å². The highest BCUT2D eigenvalue weighted by Gasteiger charge is 2.32. The number of hydrogen-bond acceptors (Lipinski definition) is 1. The van der Waals surface area contributed by atoms with Crippen LogP contribution in [-0.2, 0) is 0 Å². The van der Waals surface area contributed by atoms with Crippen LogP contribution in [0, 0.1) is 17.3 Å². The second-order valence-electron chi connectivity index (χ2n) is 6.26. The molecule has 1 aliphatic rings. The van der Waals surface area contributed by atoms with Gasteiger partial charge in [-0.2, -0.15) is 0 Å². The van der Waals surface area contributed by atoms with Crippen molar-refractivity contribution < 1.29 is 5.11 Å². The Balaban J connectivity index is 2.39. The minimum atomic E-state index is -0.0546. The average molecular weight is 212 g/mol. The van der Waals surface area contributed by atoms with Gasteiger partial charge in [0.1, 0.15) is 0 Å². The lowest BCUT2D eigenvalue weighted by molar-refractivity contribution is 0.0181. The summed E-state index contributed by atoms with van der Waals surface area (Å²) in [5, 5.41) is 10.2. The molecule has 1 rings (SSSR count). The smallest absolute Gasteiger partial charge is 0.0593 e. The Morgan fingerprint density at radius 3 is 2.27 bits per heavy atom. The summed E-state index contributed by atoms with van der Waals surface area (Å²) in [6, 6.07) is 0. The van der Waals surface area contributed by atoms with E-state index >= 15 is 0 Å². The Hall–Kier alpha value is -0.0400. The van der Waals surface area contributed by atoms with E-state index in [4.69, 9.17) is 0 Å². The van der Waals surface area contributed by atoms with Crippen LogP contribution >= 0.6 is 0 Å². The summed E-state index contributed by atoms with van der Waals surface area (Å²) in [7, 11) is 0. The monoisotopic (exact) mass is 212 g/mol. The molecule has 0 aromatic carbocycles. The summed E-state index contributed by atoms with van der Waals surface area (Å²) in [5.74, 6) is 1.06. The lowest BCUT2D eigenvalue weighted by atomic mass is 9.70. The van der Waals surface area contributed by atoms with Gasteiger partial charge < -0.3 is 5.11 Å². The fourth-order valence-electron chi connectivity index (χ4n) is 2.85. The van der Waals surface area contributed by atoms with Crippen LogP contribution in [0.1, 0.15) is 66.2 Å². The van der Waals surface area contributed by atoms with Crippen LogP contribution in [0.2, 0.25) is 0 Å². The number of hydrogen-bond donors (Lipinski definition) is 1. The lowest BCUT2D eigenvalue weighted by Gasteiger charge is -2.38. The third kappa shape index (κ3) is 3.79. The molecule has 0 aliphatic heterocycles. The second kappa shape index (κ2) is 5.34. The normalized spacial score (nSPS) is 26.2. The summed E-state index contributed by atoms with van der Waals surface area (Å²) in [4.78, 5) is 0. The van der Waals surface area contributed by atoms with Crippen molar-refractivity contribution in [2.45, 2.75) is 72.3 Å². The molecule has 0 aromatic rings. The van der Waals surface area contributed by atoms with Gasteiger partial charge >= 0.3 is 0 Å². The Morgan fingerprint density at radius 1 is 1.27 bits per heavy atom. The lowest BCUT2D eigenvalue weighted by Crippen LogP contribution is -2.33. The first-order valence-corrected chi connectivity index (χ1v) is 6.64. The minimum absolute atomic E-state index is 0.0546. The van der Waals surface area contributed by atoms with Crippen molar-refractivity contribution in [3.63, 3.8) is 0 Å². The Kier molecular flexibility index (Phi) is 4.64. The summed E-state index contributed by atoms with van der Waals surface area (Å²) < 4.78 is 0. The van der Waals surface area contributed by atoms with Crippen LogP contribution in [0.15, 0.2) is 0 Å². The van der Waals surface area contributed by atoms with Gasteiger partial charge in [0.2, 0.25) is 0 Å². The van der Waals surface area contributed by atoms with Crippen LogP contribution in [0.3, 0.4) is 0 Å². The molecule has 0 amide bonds. The van der Waals surface area contributed by atoms with Crippen molar-refractivity contribution in [3.05, 3.63) is 0 Å². The third-order valence-corrected chi connectivity index (χ3v) is 4.19. The van der Waals surface area contributed by atoms with Gasteiger partial charge in [-0.25, -0.2) is 0 Å². The fourth-order valence-corrected chi connectivity index (χ4v) is 2.85. The summed E-state index contributed by atoms with van der Waals surface area (Å²) in [5.41, 5.74) is 0.518. The molecule has 0 bridgehead atoms. The molecule has 2 atom stereocenters. The maximum Gasteiger partial charge on any atom is 0.0593 e. The van der Waals surface area contributed by atoms with Crippen molar-refractivity contribution in [1.82, 2.24) is 0 Å². The van der Waals surface area contributed by atoms with E-state index in [-0.39, 0.29) is 6.10 Å². The van der Waals surface area contributed by atoms with Gasteiger partial charge in [-0.1, -0.05) is 34.1 Å². The summed E-state index contributed by atoms with van der Waals surface area (Å²) in [6.45, 7) is 9.11. The first-order chi connectivity index (χ1) is 6.96. The zero-order valence-electron chi connectivity index (χ0n) is 10.9. The van der Waals surface area contributed by atoms with E-state index in [1.54, 1.807) is 0 Å². The molecule has 1 heteroatoms. The molecule has 1 N–H and O–H groups in total. The standard InChI is InChI=1S/C14H28O/c1-5-6-11(2)13(15)12-7-9-14(3,4)10-8-12/h11-13,15H,5-10H2,1-4H3. The molecule has 15 heavy (non-hydrogen) atoms. The molecule has 1 saturated carbocycles. The number of aliphatic hydroxyl groups is 1. The Bertz CT molecular complexity index is 176. The van der Waals surface area contributed by atoms with E-state index in [1.165, 1.54) is 38.5 Å². The van der Waals surface area contributed by atoms with Crippen LogP contribution < -0.4 is 0 Å². The molecular weight excluding hydrogens is 184 g/mol. The quantitative estimate of drug-likeness (QED) is 0.747. The topological polar surface area (TPSA) is 20.2 Å². The maximum absolute atomic E-state index is 10.2. The first kappa shape index (κ1) is 13.0. The predicted octanol–water partition coefficient (Wildman–Crippen LogP) is 4.00. The van der Waals surface area contributed by atoms with E-state index in [9.17, 15) is 5.11 Å². The van der Waals surface area contributed by atoms with Crippen LogP contribution in [0.4, 0.5) is 0 Å². The Labute approximate surface area is 95.3 Å². The van der Waals surface area contributed by atoms with Gasteiger partial charge in [0.15, 0.2) is 0 Å². The largest absolute Gasteiger partial charge is 0.393 e. The van der Waals surface area contributed by atoms with Crippen molar-refractivity contribution in [2.24, 2.45) is 17.3 Å². The number of rotatable bonds is 4. The van der Waals surface area contributed by atoms with Gasteiger partial charge in [0, 0.05) is 0 Å². The van der Waals surface area contributed by atoms with Crippen LogP contribution in [0.5, 0.6) is 0 Å². The first-order valence-electron chi connectivity index (χ1n) is 6.64. The minimum Gasteiger partial charge on any atom is -0.393 e. The second-order valence-corrected chi connectivity index (χ2v) is 6.26. The molecule has 0 heterocycles. The molecule has 0 aromatic heterocycles. The average Bonchev–Trinajstić information content (AvgIpc) is 2.17. The molecular formula is C14H28O. The highest BCUT2D eigenvalue weighted by Crippen LogP contribution is 2.40. The molecule has 0 spiro atoms. The molecule has 1 aliphatic carbocycles. The fraction of sp³-hybridized carbons (Fsp3) is 1.00. The highest BCUT2D eigenvalue weighted by molar-refractivity contribution is 4.83. The van der Waals surface area contributed by atoms with Crippen molar-refractivity contribution in [2.75, 3.05) is 0 Å². The highest BCUT2D eigenvalue weighted by atomic mass is 16.3. The van der Waals surface area contributed by atoms with Crippen LogP contribution in [-0.4, -0.2) is 11.2 Å².